The summed E-state index contributed by atoms with van der Waals surface area (Å²) in [5.74, 6) is 1.25. The summed E-state index contributed by atoms with van der Waals surface area (Å²) in [5.41, 5.74) is 2.04. The molecule has 2 aromatic rings. The van der Waals surface area contributed by atoms with Crippen LogP contribution in [-0.2, 0) is 9.53 Å². The minimum absolute atomic E-state index is 0.173. The maximum atomic E-state index is 12.4. The Kier molecular flexibility index (Phi) is 5.25. The van der Waals surface area contributed by atoms with Crippen LogP contribution < -0.4 is 4.90 Å². The Bertz CT molecular complexity index is 812. The van der Waals surface area contributed by atoms with E-state index in [1.165, 1.54) is 6.42 Å². The average molecular weight is 368 g/mol. The molecule has 1 spiro atoms. The van der Waals surface area contributed by atoms with Crippen LogP contribution in [0.1, 0.15) is 32.1 Å². The highest BCUT2D eigenvalue weighted by atomic mass is 16.5. The molecule has 0 saturated carbocycles. The van der Waals surface area contributed by atoms with Crippen molar-refractivity contribution < 1.29 is 9.53 Å². The fourth-order valence-electron chi connectivity index (χ4n) is 4.54. The second kappa shape index (κ2) is 7.80. The molecule has 4 rings (SSSR count). The first-order valence-electron chi connectivity index (χ1n) is 9.93. The zero-order chi connectivity index (χ0) is 18.7. The van der Waals surface area contributed by atoms with Crippen LogP contribution in [0, 0.1) is 5.41 Å². The lowest BCUT2D eigenvalue weighted by Crippen LogP contribution is -2.54. The molecule has 1 amide bonds. The Morgan fingerprint density at radius 2 is 2.04 bits per heavy atom. The van der Waals surface area contributed by atoms with E-state index in [0.717, 1.165) is 62.3 Å². The molecule has 6 nitrogen and oxygen atoms in total. The number of likely N-dealkylation sites (tertiary alicyclic amines) is 1. The van der Waals surface area contributed by atoms with Gasteiger partial charge in [-0.15, -0.1) is 0 Å². The highest BCUT2D eigenvalue weighted by Gasteiger charge is 2.41. The standard InChI is InChI=1S/C21H28N4O2/c1-27-13-5-12-25-16-21(10-8-20(25)26)9-4-11-24(15-21)19-14-22-17-6-2-3-7-18(17)23-19/h2-3,6-7,14H,4-5,8-13,15-16H2,1H3/t21-/m0/s1. The van der Waals surface area contributed by atoms with Crippen LogP contribution >= 0.6 is 0 Å². The minimum Gasteiger partial charge on any atom is -0.385 e. The number of methoxy groups -OCH3 is 1. The van der Waals surface area contributed by atoms with Gasteiger partial charge in [0.25, 0.3) is 0 Å². The van der Waals surface area contributed by atoms with E-state index >= 15 is 0 Å². The molecular formula is C21H28N4O2. The van der Waals surface area contributed by atoms with E-state index in [4.69, 9.17) is 9.72 Å². The van der Waals surface area contributed by atoms with Gasteiger partial charge >= 0.3 is 0 Å². The summed E-state index contributed by atoms with van der Waals surface area (Å²) in [6.45, 7) is 4.31. The van der Waals surface area contributed by atoms with E-state index in [1.807, 2.05) is 30.5 Å². The summed E-state index contributed by atoms with van der Waals surface area (Å²) in [4.78, 5) is 26.2. The van der Waals surface area contributed by atoms with Gasteiger partial charge in [0, 0.05) is 51.7 Å². The van der Waals surface area contributed by atoms with Crippen molar-refractivity contribution in [3.05, 3.63) is 30.5 Å². The number of para-hydroxylation sites is 2. The summed E-state index contributed by atoms with van der Waals surface area (Å²) in [5, 5.41) is 0. The molecule has 2 aliphatic rings. The number of amides is 1. The van der Waals surface area contributed by atoms with Crippen LogP contribution in [-0.4, -0.2) is 60.7 Å². The van der Waals surface area contributed by atoms with Crippen molar-refractivity contribution in [1.29, 1.82) is 0 Å². The van der Waals surface area contributed by atoms with Gasteiger partial charge in [-0.1, -0.05) is 12.1 Å². The van der Waals surface area contributed by atoms with E-state index in [1.54, 1.807) is 7.11 Å². The van der Waals surface area contributed by atoms with Gasteiger partial charge in [-0.05, 0) is 37.8 Å². The molecule has 1 aromatic carbocycles. The van der Waals surface area contributed by atoms with Crippen molar-refractivity contribution in [2.75, 3.05) is 44.8 Å². The number of hydrogen-bond acceptors (Lipinski definition) is 5. The van der Waals surface area contributed by atoms with Gasteiger partial charge in [0.15, 0.2) is 0 Å². The van der Waals surface area contributed by atoms with Crippen molar-refractivity contribution in [2.24, 2.45) is 5.41 Å². The Labute approximate surface area is 160 Å². The Balaban J connectivity index is 1.50. The lowest BCUT2D eigenvalue weighted by Gasteiger charge is -2.48. The highest BCUT2D eigenvalue weighted by molar-refractivity contribution is 5.77. The summed E-state index contributed by atoms with van der Waals surface area (Å²) in [7, 11) is 1.71. The third-order valence-corrected chi connectivity index (χ3v) is 5.95. The summed E-state index contributed by atoms with van der Waals surface area (Å²) >= 11 is 0. The van der Waals surface area contributed by atoms with Gasteiger partial charge < -0.3 is 14.5 Å². The quantitative estimate of drug-likeness (QED) is 0.760. The number of hydrogen-bond donors (Lipinski definition) is 0. The molecule has 2 saturated heterocycles. The third-order valence-electron chi connectivity index (χ3n) is 5.95. The molecule has 144 valence electrons. The van der Waals surface area contributed by atoms with E-state index in [0.29, 0.717) is 18.9 Å². The highest BCUT2D eigenvalue weighted by Crippen LogP contribution is 2.40. The Hall–Kier alpha value is -2.21. The third kappa shape index (κ3) is 3.90. The fraction of sp³-hybridized carbons (Fsp3) is 0.571. The molecule has 0 unspecified atom stereocenters. The summed E-state index contributed by atoms with van der Waals surface area (Å²) in [6.07, 6.45) is 6.74. The van der Waals surface area contributed by atoms with Gasteiger partial charge in [-0.25, -0.2) is 4.98 Å². The lowest BCUT2D eigenvalue weighted by molar-refractivity contribution is -0.138. The molecule has 2 fully saturated rings. The maximum Gasteiger partial charge on any atom is 0.222 e. The molecule has 0 bridgehead atoms. The van der Waals surface area contributed by atoms with E-state index < -0.39 is 0 Å². The first-order chi connectivity index (χ1) is 13.2. The minimum atomic E-state index is 0.173. The number of carbonyl (C=O) groups excluding carboxylic acids is 1. The zero-order valence-electron chi connectivity index (χ0n) is 16.1. The number of aromatic nitrogens is 2. The molecule has 2 aliphatic heterocycles. The smallest absolute Gasteiger partial charge is 0.222 e. The number of fused-ring (bicyclic) bond motifs is 1. The molecular weight excluding hydrogens is 340 g/mol. The summed E-state index contributed by atoms with van der Waals surface area (Å²) < 4.78 is 5.15. The SMILES string of the molecule is COCCCN1C[C@@]2(CCCN(c3cnc4ccccc4n3)C2)CCC1=O. The van der Waals surface area contributed by atoms with E-state index in [-0.39, 0.29) is 5.41 Å². The summed E-state index contributed by atoms with van der Waals surface area (Å²) in [6, 6.07) is 8.00. The van der Waals surface area contributed by atoms with E-state index in [2.05, 4.69) is 14.8 Å². The monoisotopic (exact) mass is 368 g/mol. The van der Waals surface area contributed by atoms with Gasteiger partial charge in [0.1, 0.15) is 5.82 Å². The van der Waals surface area contributed by atoms with Crippen LogP contribution in [0.4, 0.5) is 5.82 Å². The molecule has 3 heterocycles. The number of nitrogens with zero attached hydrogens (tertiary/aromatic N) is 4. The van der Waals surface area contributed by atoms with Crippen molar-refractivity contribution in [1.82, 2.24) is 14.9 Å². The second-order valence-electron chi connectivity index (χ2n) is 7.90. The second-order valence-corrected chi connectivity index (χ2v) is 7.90. The Morgan fingerprint density at radius 1 is 1.19 bits per heavy atom. The number of piperidine rings is 2. The largest absolute Gasteiger partial charge is 0.385 e. The van der Waals surface area contributed by atoms with Crippen molar-refractivity contribution in [3.8, 4) is 0 Å². The maximum absolute atomic E-state index is 12.4. The molecule has 27 heavy (non-hydrogen) atoms. The predicted octanol–water partition coefficient (Wildman–Crippen LogP) is 2.88. The molecule has 0 N–H and O–H groups in total. The zero-order valence-corrected chi connectivity index (χ0v) is 16.1. The number of benzene rings is 1. The van der Waals surface area contributed by atoms with Gasteiger partial charge in [0.05, 0.1) is 17.2 Å². The van der Waals surface area contributed by atoms with Crippen molar-refractivity contribution >= 4 is 22.8 Å². The van der Waals surface area contributed by atoms with Crippen molar-refractivity contribution in [3.63, 3.8) is 0 Å². The molecule has 6 heteroatoms. The first-order valence-corrected chi connectivity index (χ1v) is 9.93. The number of carbonyl (C=O) groups is 1. The average Bonchev–Trinajstić information content (AvgIpc) is 2.71. The van der Waals surface area contributed by atoms with Crippen LogP contribution in [0.15, 0.2) is 30.5 Å². The molecule has 0 aliphatic carbocycles. The van der Waals surface area contributed by atoms with Crippen LogP contribution in [0.25, 0.3) is 11.0 Å². The molecule has 1 aromatic heterocycles. The normalized spacial score (nSPS) is 23.4. The molecule has 1 atom stereocenters. The van der Waals surface area contributed by atoms with E-state index in [9.17, 15) is 4.79 Å². The van der Waals surface area contributed by atoms with Crippen LogP contribution in [0.5, 0.6) is 0 Å². The van der Waals surface area contributed by atoms with Gasteiger partial charge in [-0.3, -0.25) is 9.78 Å². The van der Waals surface area contributed by atoms with Gasteiger partial charge in [-0.2, -0.15) is 0 Å². The van der Waals surface area contributed by atoms with Gasteiger partial charge in [0.2, 0.25) is 5.91 Å². The number of rotatable bonds is 5. The fourth-order valence-corrected chi connectivity index (χ4v) is 4.54. The van der Waals surface area contributed by atoms with Crippen LogP contribution in [0.2, 0.25) is 0 Å². The Morgan fingerprint density at radius 3 is 2.89 bits per heavy atom. The predicted molar refractivity (Wildman–Crippen MR) is 106 cm³/mol. The number of ether oxygens (including phenoxy) is 1. The number of anilines is 1. The first kappa shape index (κ1) is 18.2. The molecule has 0 radical (unpaired) electrons. The van der Waals surface area contributed by atoms with Crippen LogP contribution in [0.3, 0.4) is 0 Å². The topological polar surface area (TPSA) is 58.6 Å². The lowest BCUT2D eigenvalue weighted by atomic mass is 9.73. The van der Waals surface area contributed by atoms with Crippen molar-refractivity contribution in [2.45, 2.75) is 32.1 Å².